The van der Waals surface area contributed by atoms with E-state index in [0.29, 0.717) is 42.6 Å². The minimum absolute atomic E-state index is 0.145. The highest BCUT2D eigenvalue weighted by atomic mass is 16.6. The molecular formula is C15H17NO3. The first kappa shape index (κ1) is 13.4. The normalized spacial score (nSPS) is 14.8. The van der Waals surface area contributed by atoms with Crippen LogP contribution in [0.2, 0.25) is 0 Å². The number of rotatable bonds is 4. The molecule has 0 saturated heterocycles. The van der Waals surface area contributed by atoms with Gasteiger partial charge in [-0.15, -0.1) is 0 Å². The predicted molar refractivity (Wildman–Crippen MR) is 70.3 cm³/mol. The van der Waals surface area contributed by atoms with Crippen LogP contribution in [0.3, 0.4) is 0 Å². The summed E-state index contributed by atoms with van der Waals surface area (Å²) in [7, 11) is 0. The summed E-state index contributed by atoms with van der Waals surface area (Å²) in [6.07, 6.45) is 0.573. The van der Waals surface area contributed by atoms with Crippen molar-refractivity contribution in [2.45, 2.75) is 20.3 Å². The lowest BCUT2D eigenvalue weighted by atomic mass is 9.91. The van der Waals surface area contributed by atoms with Crippen LogP contribution >= 0.6 is 0 Å². The zero-order valence-corrected chi connectivity index (χ0v) is 11.2. The third-order valence-corrected chi connectivity index (χ3v) is 3.01. The van der Waals surface area contributed by atoms with E-state index in [1.54, 1.807) is 18.2 Å². The van der Waals surface area contributed by atoms with Crippen LogP contribution in [0.1, 0.15) is 30.6 Å². The fourth-order valence-electron chi connectivity index (χ4n) is 2.09. The number of carbonyl (C=O) groups is 1. The molecule has 1 unspecified atom stereocenters. The Morgan fingerprint density at radius 1 is 1.32 bits per heavy atom. The molecule has 0 amide bonds. The average Bonchev–Trinajstić information content (AvgIpc) is 2.43. The summed E-state index contributed by atoms with van der Waals surface area (Å²) in [6, 6.07) is 7.18. The van der Waals surface area contributed by atoms with Gasteiger partial charge in [0.05, 0.1) is 6.07 Å². The molecule has 0 aliphatic carbocycles. The average molecular weight is 259 g/mol. The number of hydrogen-bond donors (Lipinski definition) is 0. The van der Waals surface area contributed by atoms with Gasteiger partial charge >= 0.3 is 0 Å². The zero-order chi connectivity index (χ0) is 13.8. The van der Waals surface area contributed by atoms with Crippen molar-refractivity contribution in [1.82, 2.24) is 0 Å². The van der Waals surface area contributed by atoms with Gasteiger partial charge in [-0.1, -0.05) is 13.8 Å². The third kappa shape index (κ3) is 3.05. The number of nitriles is 1. The Morgan fingerprint density at radius 2 is 2.00 bits per heavy atom. The lowest BCUT2D eigenvalue weighted by Gasteiger charge is -2.19. The second-order valence-corrected chi connectivity index (χ2v) is 5.03. The number of carbonyl (C=O) groups excluding carboxylic acids is 1. The Balaban J connectivity index is 2.21. The van der Waals surface area contributed by atoms with Crippen molar-refractivity contribution in [3.8, 4) is 17.6 Å². The Hall–Kier alpha value is -2.02. The van der Waals surface area contributed by atoms with Crippen molar-refractivity contribution in [1.29, 1.82) is 5.26 Å². The zero-order valence-electron chi connectivity index (χ0n) is 11.2. The van der Waals surface area contributed by atoms with Crippen molar-refractivity contribution >= 4 is 5.78 Å². The van der Waals surface area contributed by atoms with Gasteiger partial charge in [-0.3, -0.25) is 4.79 Å². The molecule has 0 radical (unpaired) electrons. The quantitative estimate of drug-likeness (QED) is 0.780. The minimum atomic E-state index is -0.595. The minimum Gasteiger partial charge on any atom is -0.486 e. The van der Waals surface area contributed by atoms with E-state index in [1.807, 2.05) is 13.8 Å². The molecule has 2 rings (SSSR count). The second-order valence-electron chi connectivity index (χ2n) is 5.03. The largest absolute Gasteiger partial charge is 0.486 e. The number of fused-ring (bicyclic) bond motifs is 1. The maximum atomic E-state index is 12.3. The summed E-state index contributed by atoms with van der Waals surface area (Å²) in [4.78, 5) is 12.3. The first-order valence-corrected chi connectivity index (χ1v) is 6.45. The smallest absolute Gasteiger partial charge is 0.180 e. The van der Waals surface area contributed by atoms with Crippen molar-refractivity contribution in [2.24, 2.45) is 11.8 Å². The first-order valence-electron chi connectivity index (χ1n) is 6.45. The Bertz CT molecular complexity index is 517. The number of hydrogen-bond acceptors (Lipinski definition) is 4. The van der Waals surface area contributed by atoms with E-state index in [2.05, 4.69) is 6.07 Å². The number of benzene rings is 1. The summed E-state index contributed by atoms with van der Waals surface area (Å²) in [5.41, 5.74) is 0.511. The van der Waals surface area contributed by atoms with E-state index >= 15 is 0 Å². The summed E-state index contributed by atoms with van der Waals surface area (Å²) in [5.74, 6) is 0.806. The lowest BCUT2D eigenvalue weighted by molar-refractivity contribution is 0.0935. The molecule has 0 saturated carbocycles. The van der Waals surface area contributed by atoms with E-state index < -0.39 is 5.92 Å². The molecule has 1 heterocycles. The maximum Gasteiger partial charge on any atom is 0.180 e. The van der Waals surface area contributed by atoms with Gasteiger partial charge in [0.2, 0.25) is 0 Å². The molecule has 4 heteroatoms. The molecule has 0 spiro atoms. The molecule has 1 aliphatic rings. The monoisotopic (exact) mass is 259 g/mol. The van der Waals surface area contributed by atoms with Crippen LogP contribution in [0.4, 0.5) is 0 Å². The van der Waals surface area contributed by atoms with Gasteiger partial charge in [0.1, 0.15) is 19.1 Å². The summed E-state index contributed by atoms with van der Waals surface area (Å²) in [6.45, 7) is 5.01. The topological polar surface area (TPSA) is 59.3 Å². The molecule has 0 fully saturated rings. The Morgan fingerprint density at radius 3 is 2.63 bits per heavy atom. The third-order valence-electron chi connectivity index (χ3n) is 3.01. The highest BCUT2D eigenvalue weighted by molar-refractivity contribution is 5.99. The molecule has 0 bridgehead atoms. The van der Waals surface area contributed by atoms with Gasteiger partial charge in [-0.25, -0.2) is 0 Å². The molecule has 1 aliphatic heterocycles. The summed E-state index contributed by atoms with van der Waals surface area (Å²) in [5, 5.41) is 9.12. The van der Waals surface area contributed by atoms with Crippen LogP contribution in [0.5, 0.6) is 11.5 Å². The Labute approximate surface area is 112 Å². The van der Waals surface area contributed by atoms with E-state index in [4.69, 9.17) is 14.7 Å². The fourth-order valence-corrected chi connectivity index (χ4v) is 2.09. The predicted octanol–water partition coefficient (Wildman–Crippen LogP) is 2.83. The van der Waals surface area contributed by atoms with E-state index in [0.717, 1.165) is 0 Å². The van der Waals surface area contributed by atoms with Gasteiger partial charge in [0.25, 0.3) is 0 Å². The van der Waals surface area contributed by atoms with E-state index in [1.165, 1.54) is 0 Å². The highest BCUT2D eigenvalue weighted by Crippen LogP contribution is 2.31. The van der Waals surface area contributed by atoms with E-state index in [9.17, 15) is 4.79 Å². The van der Waals surface area contributed by atoms with Crippen LogP contribution in [0.25, 0.3) is 0 Å². The van der Waals surface area contributed by atoms with Crippen molar-refractivity contribution in [2.75, 3.05) is 13.2 Å². The van der Waals surface area contributed by atoms with Gasteiger partial charge in [0, 0.05) is 5.56 Å². The van der Waals surface area contributed by atoms with Gasteiger partial charge in [-0.05, 0) is 30.5 Å². The molecule has 1 aromatic carbocycles. The van der Waals surface area contributed by atoms with Crippen LogP contribution < -0.4 is 9.47 Å². The van der Waals surface area contributed by atoms with Gasteiger partial charge < -0.3 is 9.47 Å². The van der Waals surface area contributed by atoms with Crippen LogP contribution in [-0.2, 0) is 0 Å². The fraction of sp³-hybridized carbons (Fsp3) is 0.467. The maximum absolute atomic E-state index is 12.3. The van der Waals surface area contributed by atoms with Crippen LogP contribution in [0, 0.1) is 23.2 Å². The molecule has 100 valence electrons. The molecule has 1 aromatic rings. The van der Waals surface area contributed by atoms with E-state index in [-0.39, 0.29) is 5.78 Å². The lowest BCUT2D eigenvalue weighted by Crippen LogP contribution is -2.18. The molecular weight excluding hydrogens is 242 g/mol. The summed E-state index contributed by atoms with van der Waals surface area (Å²) >= 11 is 0. The standard InChI is InChI=1S/C15H17NO3/c1-10(2)7-12(9-16)15(17)11-3-4-13-14(8-11)19-6-5-18-13/h3-4,8,10,12H,5-7H2,1-2H3. The van der Waals surface area contributed by atoms with Gasteiger partial charge in [-0.2, -0.15) is 5.26 Å². The second kappa shape index (κ2) is 5.75. The molecule has 0 aromatic heterocycles. The number of nitrogens with zero attached hydrogens (tertiary/aromatic N) is 1. The number of Topliss-reactive ketones (excluding diaryl/α,β-unsaturated/α-hetero) is 1. The number of ether oxygens (including phenoxy) is 2. The van der Waals surface area contributed by atoms with Crippen molar-refractivity contribution in [3.05, 3.63) is 23.8 Å². The molecule has 1 atom stereocenters. The molecule has 19 heavy (non-hydrogen) atoms. The van der Waals surface area contributed by atoms with Crippen LogP contribution in [0.15, 0.2) is 18.2 Å². The highest BCUT2D eigenvalue weighted by Gasteiger charge is 2.22. The van der Waals surface area contributed by atoms with Crippen molar-refractivity contribution in [3.63, 3.8) is 0 Å². The molecule has 0 N–H and O–H groups in total. The number of ketones is 1. The SMILES string of the molecule is CC(C)CC(C#N)C(=O)c1ccc2c(c1)OCCO2. The summed E-state index contributed by atoms with van der Waals surface area (Å²) < 4.78 is 10.9. The Kier molecular flexibility index (Phi) is 4.06. The first-order chi connectivity index (χ1) is 9.11. The van der Waals surface area contributed by atoms with Gasteiger partial charge in [0.15, 0.2) is 17.3 Å². The molecule has 4 nitrogen and oxygen atoms in total. The van der Waals surface area contributed by atoms with Crippen molar-refractivity contribution < 1.29 is 14.3 Å². The van der Waals surface area contributed by atoms with Crippen LogP contribution in [-0.4, -0.2) is 19.0 Å².